The number of rotatable bonds is 6. The Bertz CT molecular complexity index is 539. The molecule has 1 N–H and O–H groups in total. The van der Waals surface area contributed by atoms with Gasteiger partial charge in [-0.05, 0) is 58.8 Å². The van der Waals surface area contributed by atoms with Crippen LogP contribution in [-0.2, 0) is 11.2 Å². The number of halogens is 1. The molecule has 0 spiro atoms. The number of ether oxygens (including phenoxy) is 1. The zero-order valence-electron chi connectivity index (χ0n) is 11.9. The molecule has 2 nitrogen and oxygen atoms in total. The molecule has 3 heteroatoms. The van der Waals surface area contributed by atoms with Crippen LogP contribution in [0.25, 0.3) is 0 Å². The van der Waals surface area contributed by atoms with Crippen molar-refractivity contribution in [3.8, 4) is 0 Å². The van der Waals surface area contributed by atoms with E-state index in [4.69, 9.17) is 4.74 Å². The largest absolute Gasteiger partial charge is 0.384 e. The molecule has 1 atom stereocenters. The fraction of sp³-hybridized carbons (Fsp3) is 0.294. The van der Waals surface area contributed by atoms with Crippen LogP contribution in [-0.4, -0.2) is 20.8 Å². The zero-order valence-corrected chi connectivity index (χ0v) is 14.1. The van der Waals surface area contributed by atoms with Crippen molar-refractivity contribution in [2.75, 3.05) is 20.8 Å². The molecule has 106 valence electrons. The molecular formula is C17H20INO. The van der Waals surface area contributed by atoms with Gasteiger partial charge in [-0.15, -0.1) is 0 Å². The maximum Gasteiger partial charge on any atom is 0.0584 e. The molecule has 0 bridgehead atoms. The van der Waals surface area contributed by atoms with Crippen LogP contribution in [0.4, 0.5) is 0 Å². The molecule has 0 radical (unpaired) electrons. The molecular weight excluding hydrogens is 361 g/mol. The van der Waals surface area contributed by atoms with E-state index in [1.165, 1.54) is 20.3 Å². The van der Waals surface area contributed by atoms with E-state index in [0.29, 0.717) is 0 Å². The van der Waals surface area contributed by atoms with Gasteiger partial charge in [0.2, 0.25) is 0 Å². The highest BCUT2D eigenvalue weighted by Crippen LogP contribution is 2.26. The van der Waals surface area contributed by atoms with Crippen LogP contribution < -0.4 is 5.32 Å². The van der Waals surface area contributed by atoms with Gasteiger partial charge in [-0.25, -0.2) is 0 Å². The molecule has 0 heterocycles. The van der Waals surface area contributed by atoms with Crippen LogP contribution in [0.5, 0.6) is 0 Å². The molecule has 0 amide bonds. The second-order valence-electron chi connectivity index (χ2n) is 4.73. The van der Waals surface area contributed by atoms with Gasteiger partial charge in [0.05, 0.1) is 12.6 Å². The zero-order chi connectivity index (χ0) is 14.4. The minimum atomic E-state index is 0.236. The highest BCUT2D eigenvalue weighted by molar-refractivity contribution is 14.1. The third-order valence-electron chi connectivity index (χ3n) is 3.41. The Hall–Kier alpha value is -0.910. The molecule has 2 aromatic rings. The summed E-state index contributed by atoms with van der Waals surface area (Å²) < 4.78 is 6.40. The predicted molar refractivity (Wildman–Crippen MR) is 92.1 cm³/mol. The smallest absolute Gasteiger partial charge is 0.0584 e. The molecule has 0 saturated heterocycles. The summed E-state index contributed by atoms with van der Waals surface area (Å²) in [6.07, 6.45) is 0.962. The highest BCUT2D eigenvalue weighted by atomic mass is 127. The van der Waals surface area contributed by atoms with Crippen molar-refractivity contribution in [1.29, 1.82) is 0 Å². The SMILES string of the molecule is CNC(c1ccc(CCOC)cc1)c1ccccc1I. The average molecular weight is 381 g/mol. The second kappa shape index (κ2) is 7.76. The summed E-state index contributed by atoms with van der Waals surface area (Å²) >= 11 is 2.39. The fourth-order valence-corrected chi connectivity index (χ4v) is 3.01. The lowest BCUT2D eigenvalue weighted by Crippen LogP contribution is -2.18. The highest BCUT2D eigenvalue weighted by Gasteiger charge is 2.14. The summed E-state index contributed by atoms with van der Waals surface area (Å²) in [6, 6.07) is 17.5. The van der Waals surface area contributed by atoms with E-state index >= 15 is 0 Å². The van der Waals surface area contributed by atoms with Gasteiger partial charge in [-0.3, -0.25) is 0 Å². The maximum atomic E-state index is 5.12. The van der Waals surface area contributed by atoms with Crippen molar-refractivity contribution >= 4 is 22.6 Å². The first-order valence-electron chi connectivity index (χ1n) is 6.75. The van der Waals surface area contributed by atoms with Crippen LogP contribution in [0.15, 0.2) is 48.5 Å². The van der Waals surface area contributed by atoms with Crippen molar-refractivity contribution in [2.24, 2.45) is 0 Å². The van der Waals surface area contributed by atoms with Crippen molar-refractivity contribution in [3.05, 3.63) is 68.8 Å². The van der Waals surface area contributed by atoms with Crippen molar-refractivity contribution < 1.29 is 4.74 Å². The predicted octanol–water partition coefficient (Wildman–Crippen LogP) is 3.79. The maximum absolute atomic E-state index is 5.12. The lowest BCUT2D eigenvalue weighted by molar-refractivity contribution is 0.202. The Labute approximate surface area is 134 Å². The molecule has 0 aliphatic carbocycles. The van der Waals surface area contributed by atoms with Gasteiger partial charge in [-0.2, -0.15) is 0 Å². The molecule has 0 aliphatic rings. The van der Waals surface area contributed by atoms with E-state index < -0.39 is 0 Å². The number of benzene rings is 2. The summed E-state index contributed by atoms with van der Waals surface area (Å²) in [4.78, 5) is 0. The average Bonchev–Trinajstić information content (AvgIpc) is 2.49. The second-order valence-corrected chi connectivity index (χ2v) is 5.89. The number of nitrogens with one attached hydrogen (secondary N) is 1. The van der Waals surface area contributed by atoms with E-state index in [2.05, 4.69) is 76.4 Å². The molecule has 2 aromatic carbocycles. The van der Waals surface area contributed by atoms with E-state index in [1.807, 2.05) is 7.05 Å². The lowest BCUT2D eigenvalue weighted by Gasteiger charge is -2.19. The third-order valence-corrected chi connectivity index (χ3v) is 4.40. The normalized spacial score (nSPS) is 12.3. The molecule has 2 rings (SSSR count). The third kappa shape index (κ3) is 3.81. The standard InChI is InChI=1S/C17H20INO/c1-19-17(15-5-3-4-6-16(15)18)14-9-7-13(8-10-14)11-12-20-2/h3-10,17,19H,11-12H2,1-2H3. The number of hydrogen-bond donors (Lipinski definition) is 1. The molecule has 0 aliphatic heterocycles. The molecule has 20 heavy (non-hydrogen) atoms. The van der Waals surface area contributed by atoms with Crippen molar-refractivity contribution in [2.45, 2.75) is 12.5 Å². The topological polar surface area (TPSA) is 21.3 Å². The molecule has 0 saturated carbocycles. The summed E-state index contributed by atoms with van der Waals surface area (Å²) in [7, 11) is 3.75. The van der Waals surface area contributed by atoms with Gasteiger partial charge in [0.25, 0.3) is 0 Å². The Morgan fingerprint density at radius 1 is 1.10 bits per heavy atom. The van der Waals surface area contributed by atoms with Gasteiger partial charge in [0, 0.05) is 10.7 Å². The molecule has 1 unspecified atom stereocenters. The number of hydrogen-bond acceptors (Lipinski definition) is 2. The van der Waals surface area contributed by atoms with Crippen molar-refractivity contribution in [1.82, 2.24) is 5.32 Å². The Kier molecular flexibility index (Phi) is 6.01. The fourth-order valence-electron chi connectivity index (χ4n) is 2.31. The van der Waals surface area contributed by atoms with E-state index in [9.17, 15) is 0 Å². The van der Waals surface area contributed by atoms with Gasteiger partial charge >= 0.3 is 0 Å². The summed E-state index contributed by atoms with van der Waals surface area (Å²) in [5.74, 6) is 0. The van der Waals surface area contributed by atoms with E-state index in [0.717, 1.165) is 13.0 Å². The van der Waals surface area contributed by atoms with Gasteiger partial charge in [-0.1, -0.05) is 42.5 Å². The molecule has 0 fully saturated rings. The minimum absolute atomic E-state index is 0.236. The monoisotopic (exact) mass is 381 g/mol. The number of methoxy groups -OCH3 is 1. The lowest BCUT2D eigenvalue weighted by atomic mass is 9.97. The first-order valence-corrected chi connectivity index (χ1v) is 7.83. The van der Waals surface area contributed by atoms with E-state index in [-0.39, 0.29) is 6.04 Å². The van der Waals surface area contributed by atoms with Crippen LogP contribution >= 0.6 is 22.6 Å². The van der Waals surface area contributed by atoms with Crippen molar-refractivity contribution in [3.63, 3.8) is 0 Å². The first kappa shape index (κ1) is 15.5. The van der Waals surface area contributed by atoms with Crippen LogP contribution in [0.3, 0.4) is 0 Å². The Morgan fingerprint density at radius 3 is 2.40 bits per heavy atom. The quantitative estimate of drug-likeness (QED) is 0.769. The first-order chi connectivity index (χ1) is 9.76. The van der Waals surface area contributed by atoms with Crippen LogP contribution in [0.2, 0.25) is 0 Å². The Balaban J connectivity index is 2.22. The van der Waals surface area contributed by atoms with Gasteiger partial charge in [0.1, 0.15) is 0 Å². The minimum Gasteiger partial charge on any atom is -0.384 e. The van der Waals surface area contributed by atoms with Crippen LogP contribution in [0, 0.1) is 3.57 Å². The van der Waals surface area contributed by atoms with Gasteiger partial charge < -0.3 is 10.1 Å². The van der Waals surface area contributed by atoms with E-state index in [1.54, 1.807) is 7.11 Å². The summed E-state index contributed by atoms with van der Waals surface area (Å²) in [5, 5.41) is 3.41. The van der Waals surface area contributed by atoms with Crippen LogP contribution in [0.1, 0.15) is 22.7 Å². The molecule has 0 aromatic heterocycles. The summed E-state index contributed by atoms with van der Waals surface area (Å²) in [6.45, 7) is 0.769. The Morgan fingerprint density at radius 2 is 1.80 bits per heavy atom. The summed E-state index contributed by atoms with van der Waals surface area (Å²) in [5.41, 5.74) is 3.92. The van der Waals surface area contributed by atoms with Gasteiger partial charge in [0.15, 0.2) is 0 Å².